The molecule has 2 aromatic heterocycles. The van der Waals surface area contributed by atoms with E-state index in [2.05, 4.69) is 46.2 Å². The number of ether oxygens (including phenoxy) is 2. The quantitative estimate of drug-likeness (QED) is 0.414. The standard InChI is InChI=1S/C23H23N3O4/c1-16-6-8-17(9-7-16)26(14-19-5-4-12-29-19)15-22-24-23(25-30-22)20-11-10-18(27-2)13-21(20)28-3/h4-13H,14-15H2,1-3H3. The predicted octanol–water partition coefficient (Wildman–Crippen LogP) is 4.86. The fraction of sp³-hybridized carbons (Fsp3) is 0.217. The van der Waals surface area contributed by atoms with Crippen LogP contribution in [-0.2, 0) is 13.1 Å². The van der Waals surface area contributed by atoms with Crippen molar-refractivity contribution < 1.29 is 18.4 Å². The molecular formula is C23H23N3O4. The lowest BCUT2D eigenvalue weighted by molar-refractivity contribution is 0.373. The average Bonchev–Trinajstić information content (AvgIpc) is 3.45. The van der Waals surface area contributed by atoms with Gasteiger partial charge in [0.2, 0.25) is 11.7 Å². The number of hydrogen-bond acceptors (Lipinski definition) is 7. The molecule has 7 nitrogen and oxygen atoms in total. The van der Waals surface area contributed by atoms with Crippen LogP contribution in [0.5, 0.6) is 11.5 Å². The summed E-state index contributed by atoms with van der Waals surface area (Å²) in [6.45, 7) is 3.09. The first-order valence-electron chi connectivity index (χ1n) is 9.55. The van der Waals surface area contributed by atoms with Gasteiger partial charge < -0.3 is 23.3 Å². The zero-order valence-electron chi connectivity index (χ0n) is 17.2. The summed E-state index contributed by atoms with van der Waals surface area (Å²) in [5.41, 5.74) is 2.98. The molecule has 0 fully saturated rings. The van der Waals surface area contributed by atoms with Crippen LogP contribution in [0.25, 0.3) is 11.4 Å². The number of benzene rings is 2. The molecule has 0 N–H and O–H groups in total. The maximum absolute atomic E-state index is 5.55. The predicted molar refractivity (Wildman–Crippen MR) is 113 cm³/mol. The molecule has 0 aliphatic carbocycles. The van der Waals surface area contributed by atoms with Crippen LogP contribution in [0.2, 0.25) is 0 Å². The molecular weight excluding hydrogens is 382 g/mol. The number of aromatic nitrogens is 2. The summed E-state index contributed by atoms with van der Waals surface area (Å²) in [5, 5.41) is 4.15. The van der Waals surface area contributed by atoms with Crippen LogP contribution in [0.15, 0.2) is 69.8 Å². The smallest absolute Gasteiger partial charge is 0.246 e. The van der Waals surface area contributed by atoms with Crippen molar-refractivity contribution in [1.82, 2.24) is 10.1 Å². The van der Waals surface area contributed by atoms with E-state index in [9.17, 15) is 0 Å². The second-order valence-electron chi connectivity index (χ2n) is 6.85. The lowest BCUT2D eigenvalue weighted by Gasteiger charge is -2.22. The van der Waals surface area contributed by atoms with Crippen molar-refractivity contribution in [3.05, 3.63) is 78.1 Å². The summed E-state index contributed by atoms with van der Waals surface area (Å²) in [7, 11) is 3.21. The monoisotopic (exact) mass is 405 g/mol. The average molecular weight is 405 g/mol. The zero-order chi connectivity index (χ0) is 20.9. The van der Waals surface area contributed by atoms with E-state index in [1.165, 1.54) is 5.56 Å². The minimum atomic E-state index is 0.440. The highest BCUT2D eigenvalue weighted by Crippen LogP contribution is 2.32. The maximum Gasteiger partial charge on any atom is 0.246 e. The minimum Gasteiger partial charge on any atom is -0.497 e. The molecule has 30 heavy (non-hydrogen) atoms. The summed E-state index contributed by atoms with van der Waals surface area (Å²) in [6, 6.07) is 17.6. The molecule has 7 heteroatoms. The minimum absolute atomic E-state index is 0.440. The van der Waals surface area contributed by atoms with Crippen molar-refractivity contribution >= 4 is 5.69 Å². The van der Waals surface area contributed by atoms with Crippen LogP contribution >= 0.6 is 0 Å². The summed E-state index contributed by atoms with van der Waals surface area (Å²) < 4.78 is 21.8. The van der Waals surface area contributed by atoms with Crippen molar-refractivity contribution in [2.45, 2.75) is 20.0 Å². The topological polar surface area (TPSA) is 73.8 Å². The lowest BCUT2D eigenvalue weighted by atomic mass is 10.2. The van der Waals surface area contributed by atoms with Crippen molar-refractivity contribution in [3.63, 3.8) is 0 Å². The number of aryl methyl sites for hydroxylation is 1. The summed E-state index contributed by atoms with van der Waals surface area (Å²) in [5.74, 6) is 3.13. The molecule has 0 aliphatic heterocycles. The van der Waals surface area contributed by atoms with Crippen LogP contribution in [0, 0.1) is 6.92 Å². The Hall–Kier alpha value is -3.74. The summed E-state index contributed by atoms with van der Waals surface area (Å²) >= 11 is 0. The number of furan rings is 1. The number of nitrogens with zero attached hydrogens (tertiary/aromatic N) is 3. The Balaban J connectivity index is 1.60. The molecule has 154 valence electrons. The lowest BCUT2D eigenvalue weighted by Crippen LogP contribution is -2.22. The highest BCUT2D eigenvalue weighted by atomic mass is 16.5. The van der Waals surface area contributed by atoms with Gasteiger partial charge in [0.1, 0.15) is 17.3 Å². The van der Waals surface area contributed by atoms with E-state index in [1.54, 1.807) is 26.5 Å². The van der Waals surface area contributed by atoms with Crippen LogP contribution in [0.3, 0.4) is 0 Å². The van der Waals surface area contributed by atoms with E-state index in [0.717, 1.165) is 17.0 Å². The summed E-state index contributed by atoms with van der Waals surface area (Å²) in [4.78, 5) is 6.71. The van der Waals surface area contributed by atoms with Crippen LogP contribution in [0.4, 0.5) is 5.69 Å². The Morgan fingerprint density at radius 3 is 2.50 bits per heavy atom. The second kappa shape index (κ2) is 8.73. The van der Waals surface area contributed by atoms with Gasteiger partial charge in [-0.1, -0.05) is 22.9 Å². The van der Waals surface area contributed by atoms with Crippen molar-refractivity contribution in [2.75, 3.05) is 19.1 Å². The van der Waals surface area contributed by atoms with Crippen LogP contribution in [-0.4, -0.2) is 24.4 Å². The van der Waals surface area contributed by atoms with Gasteiger partial charge in [0.15, 0.2) is 0 Å². The van der Waals surface area contributed by atoms with Gasteiger partial charge in [-0.3, -0.25) is 0 Å². The Bertz CT molecular complexity index is 1090. The van der Waals surface area contributed by atoms with Crippen molar-refractivity contribution in [1.29, 1.82) is 0 Å². The molecule has 0 saturated carbocycles. The van der Waals surface area contributed by atoms with Gasteiger partial charge in [-0.2, -0.15) is 4.98 Å². The first-order chi connectivity index (χ1) is 14.7. The number of anilines is 1. The molecule has 2 heterocycles. The van der Waals surface area contributed by atoms with Gasteiger partial charge in [-0.25, -0.2) is 0 Å². The third-order valence-corrected chi connectivity index (χ3v) is 4.77. The van der Waals surface area contributed by atoms with Gasteiger partial charge in [-0.05, 0) is 43.3 Å². The molecule has 0 spiro atoms. The Labute approximate surface area is 174 Å². The molecule has 4 aromatic rings. The first kappa shape index (κ1) is 19.6. The zero-order valence-corrected chi connectivity index (χ0v) is 17.2. The molecule has 0 aliphatic rings. The Kier molecular flexibility index (Phi) is 5.70. The van der Waals surface area contributed by atoms with Crippen LogP contribution < -0.4 is 14.4 Å². The molecule has 0 radical (unpaired) electrons. The number of hydrogen-bond donors (Lipinski definition) is 0. The van der Waals surface area contributed by atoms with Crippen molar-refractivity contribution in [3.8, 4) is 22.9 Å². The first-order valence-corrected chi connectivity index (χ1v) is 9.55. The fourth-order valence-corrected chi connectivity index (χ4v) is 3.16. The second-order valence-corrected chi connectivity index (χ2v) is 6.85. The third-order valence-electron chi connectivity index (χ3n) is 4.77. The van der Waals surface area contributed by atoms with E-state index in [-0.39, 0.29) is 0 Å². The SMILES string of the molecule is COc1ccc(-c2noc(CN(Cc3ccco3)c3ccc(C)cc3)n2)c(OC)c1. The highest BCUT2D eigenvalue weighted by molar-refractivity contribution is 5.65. The highest BCUT2D eigenvalue weighted by Gasteiger charge is 2.18. The van der Waals surface area contributed by atoms with E-state index < -0.39 is 0 Å². The van der Waals surface area contributed by atoms with E-state index in [1.807, 2.05) is 24.3 Å². The largest absolute Gasteiger partial charge is 0.497 e. The Morgan fingerprint density at radius 2 is 1.80 bits per heavy atom. The number of rotatable bonds is 8. The third kappa shape index (κ3) is 4.30. The molecule has 0 amide bonds. The van der Waals surface area contributed by atoms with Gasteiger partial charge in [-0.15, -0.1) is 0 Å². The van der Waals surface area contributed by atoms with Gasteiger partial charge in [0, 0.05) is 11.8 Å². The van der Waals surface area contributed by atoms with E-state index >= 15 is 0 Å². The number of methoxy groups -OCH3 is 2. The van der Waals surface area contributed by atoms with Gasteiger partial charge in [0.25, 0.3) is 0 Å². The van der Waals surface area contributed by atoms with Gasteiger partial charge in [0.05, 0.1) is 39.1 Å². The molecule has 0 atom stereocenters. The Morgan fingerprint density at radius 1 is 0.967 bits per heavy atom. The molecule has 0 bridgehead atoms. The molecule has 4 rings (SSSR count). The van der Waals surface area contributed by atoms with Crippen molar-refractivity contribution in [2.24, 2.45) is 0 Å². The molecule has 0 unspecified atom stereocenters. The fourth-order valence-electron chi connectivity index (χ4n) is 3.16. The van der Waals surface area contributed by atoms with Gasteiger partial charge >= 0.3 is 0 Å². The molecule has 2 aromatic carbocycles. The molecule has 0 saturated heterocycles. The summed E-state index contributed by atoms with van der Waals surface area (Å²) in [6.07, 6.45) is 1.67. The van der Waals surface area contributed by atoms with Crippen LogP contribution in [0.1, 0.15) is 17.2 Å². The maximum atomic E-state index is 5.55. The van der Waals surface area contributed by atoms with E-state index in [0.29, 0.717) is 36.3 Å². The van der Waals surface area contributed by atoms with E-state index in [4.69, 9.17) is 18.4 Å². The normalized spacial score (nSPS) is 10.8.